The van der Waals surface area contributed by atoms with Gasteiger partial charge in [-0.3, -0.25) is 0 Å². The van der Waals surface area contributed by atoms with E-state index in [0.717, 1.165) is 31.3 Å². The number of aliphatic hydroxyl groups excluding tert-OH is 2. The van der Waals surface area contributed by atoms with Crippen molar-refractivity contribution in [2.45, 2.75) is 82.4 Å². The van der Waals surface area contributed by atoms with Gasteiger partial charge in [0.2, 0.25) is 0 Å². The number of hydrogen-bond donors (Lipinski definition) is 2. The Hall–Kier alpha value is -1.17. The van der Waals surface area contributed by atoms with Crippen molar-refractivity contribution >= 4 is 5.97 Å². The predicted molar refractivity (Wildman–Crippen MR) is 93.8 cm³/mol. The number of rotatable bonds is 0. The monoisotopic (exact) mass is 350 g/mol. The van der Waals surface area contributed by atoms with Crippen LogP contribution in [0.25, 0.3) is 0 Å². The maximum atomic E-state index is 12.0. The molecule has 0 radical (unpaired) electrons. The largest absolute Gasteiger partial charge is 0.456 e. The number of carbonyl (C=O) groups excluding carboxylic acids is 1. The van der Waals surface area contributed by atoms with Crippen molar-refractivity contribution in [3.63, 3.8) is 0 Å². The molecule has 0 spiro atoms. The normalized spacial score (nSPS) is 46.0. The van der Waals surface area contributed by atoms with E-state index in [1.54, 1.807) is 0 Å². The molecule has 2 saturated heterocycles. The molecule has 3 rings (SSSR count). The fourth-order valence-corrected chi connectivity index (χ4v) is 4.19. The van der Waals surface area contributed by atoms with Crippen LogP contribution in [-0.2, 0) is 14.3 Å². The van der Waals surface area contributed by atoms with Gasteiger partial charge in [-0.2, -0.15) is 0 Å². The van der Waals surface area contributed by atoms with Gasteiger partial charge < -0.3 is 19.7 Å². The van der Waals surface area contributed by atoms with E-state index >= 15 is 0 Å². The van der Waals surface area contributed by atoms with Crippen LogP contribution in [0.3, 0.4) is 0 Å². The summed E-state index contributed by atoms with van der Waals surface area (Å²) < 4.78 is 11.3. The summed E-state index contributed by atoms with van der Waals surface area (Å²) in [4.78, 5) is 12.0. The SMILES string of the molecule is C=C1CCC[C@H](C)[C@@H](O)[C@@H]2OC(=O)C(=C)[C@@H]2C[C@H]2O[C@]2(C)CC[C@H]1O. The number of ether oxygens (including phenoxy) is 2. The molecular weight excluding hydrogens is 320 g/mol. The minimum atomic E-state index is -0.723. The first-order valence-electron chi connectivity index (χ1n) is 9.34. The van der Waals surface area contributed by atoms with Crippen molar-refractivity contribution in [1.82, 2.24) is 0 Å². The smallest absolute Gasteiger partial charge is 0.334 e. The minimum Gasteiger partial charge on any atom is -0.456 e. The van der Waals surface area contributed by atoms with Gasteiger partial charge in [0.1, 0.15) is 6.10 Å². The van der Waals surface area contributed by atoms with Crippen LogP contribution in [-0.4, -0.2) is 46.2 Å². The van der Waals surface area contributed by atoms with Crippen molar-refractivity contribution in [1.29, 1.82) is 0 Å². The number of aliphatic hydroxyl groups is 2. The predicted octanol–water partition coefficient (Wildman–Crippen LogP) is 2.51. The van der Waals surface area contributed by atoms with Crippen LogP contribution in [0.1, 0.15) is 52.4 Å². The summed E-state index contributed by atoms with van der Waals surface area (Å²) in [5.74, 6) is -0.623. The van der Waals surface area contributed by atoms with Gasteiger partial charge in [0, 0.05) is 11.5 Å². The number of hydrogen-bond acceptors (Lipinski definition) is 5. The number of esters is 1. The zero-order valence-electron chi connectivity index (χ0n) is 15.2. The fourth-order valence-electron chi connectivity index (χ4n) is 4.19. The van der Waals surface area contributed by atoms with Crippen LogP contribution in [0.2, 0.25) is 0 Å². The highest BCUT2D eigenvalue weighted by molar-refractivity contribution is 5.90. The van der Waals surface area contributed by atoms with E-state index in [4.69, 9.17) is 9.47 Å². The Kier molecular flexibility index (Phi) is 5.11. The second-order valence-electron chi connectivity index (χ2n) is 8.23. The van der Waals surface area contributed by atoms with Crippen LogP contribution >= 0.6 is 0 Å². The van der Waals surface area contributed by atoms with E-state index in [-0.39, 0.29) is 23.5 Å². The van der Waals surface area contributed by atoms with Gasteiger partial charge in [-0.1, -0.05) is 20.1 Å². The molecule has 3 aliphatic rings. The Labute approximate surface area is 149 Å². The molecule has 0 aromatic carbocycles. The third-order valence-corrected chi connectivity index (χ3v) is 6.32. The molecule has 1 saturated carbocycles. The summed E-state index contributed by atoms with van der Waals surface area (Å²) in [5, 5.41) is 21.0. The summed E-state index contributed by atoms with van der Waals surface area (Å²) in [6.07, 6.45) is 2.59. The van der Waals surface area contributed by atoms with Crippen LogP contribution in [0, 0.1) is 11.8 Å². The molecule has 2 N–H and O–H groups in total. The third kappa shape index (κ3) is 3.69. The third-order valence-electron chi connectivity index (χ3n) is 6.32. The van der Waals surface area contributed by atoms with Crippen LogP contribution in [0.4, 0.5) is 0 Å². The molecule has 0 bridgehead atoms. The maximum Gasteiger partial charge on any atom is 0.334 e. The molecular formula is C20H30O5. The first-order chi connectivity index (χ1) is 11.7. The van der Waals surface area contributed by atoms with Gasteiger partial charge >= 0.3 is 5.97 Å². The van der Waals surface area contributed by atoms with Gasteiger partial charge in [-0.25, -0.2) is 4.79 Å². The van der Waals surface area contributed by atoms with Crippen LogP contribution < -0.4 is 0 Å². The van der Waals surface area contributed by atoms with Gasteiger partial charge in [0.05, 0.1) is 23.9 Å². The van der Waals surface area contributed by atoms with E-state index in [1.807, 2.05) is 13.8 Å². The second-order valence-corrected chi connectivity index (χ2v) is 8.23. The Morgan fingerprint density at radius 2 is 1.96 bits per heavy atom. The Balaban J connectivity index is 1.79. The molecule has 25 heavy (non-hydrogen) atoms. The molecule has 3 fully saturated rings. The van der Waals surface area contributed by atoms with E-state index in [1.165, 1.54) is 0 Å². The summed E-state index contributed by atoms with van der Waals surface area (Å²) >= 11 is 0. The van der Waals surface area contributed by atoms with Gasteiger partial charge in [0.15, 0.2) is 0 Å². The van der Waals surface area contributed by atoms with Crippen molar-refractivity contribution in [3.05, 3.63) is 24.3 Å². The Morgan fingerprint density at radius 1 is 1.24 bits per heavy atom. The highest BCUT2D eigenvalue weighted by atomic mass is 16.6. The molecule has 5 nitrogen and oxygen atoms in total. The molecule has 140 valence electrons. The minimum absolute atomic E-state index is 0.00263. The average molecular weight is 350 g/mol. The lowest BCUT2D eigenvalue weighted by molar-refractivity contribution is -0.146. The quantitative estimate of drug-likeness (QED) is 0.304. The number of fused-ring (bicyclic) bond motifs is 2. The van der Waals surface area contributed by atoms with E-state index in [0.29, 0.717) is 18.4 Å². The summed E-state index contributed by atoms with van der Waals surface area (Å²) in [7, 11) is 0. The number of epoxide rings is 1. The lowest BCUT2D eigenvalue weighted by atomic mass is 9.81. The maximum absolute atomic E-state index is 12.0. The molecule has 2 aliphatic heterocycles. The van der Waals surface area contributed by atoms with E-state index in [2.05, 4.69) is 13.2 Å². The Morgan fingerprint density at radius 3 is 2.68 bits per heavy atom. The highest BCUT2D eigenvalue weighted by Gasteiger charge is 2.55. The van der Waals surface area contributed by atoms with E-state index in [9.17, 15) is 15.0 Å². The van der Waals surface area contributed by atoms with E-state index < -0.39 is 24.3 Å². The first kappa shape index (κ1) is 18.6. The lowest BCUT2D eigenvalue weighted by Gasteiger charge is -2.28. The molecule has 2 heterocycles. The lowest BCUT2D eigenvalue weighted by Crippen LogP contribution is -2.37. The van der Waals surface area contributed by atoms with Gasteiger partial charge in [-0.15, -0.1) is 0 Å². The zero-order chi connectivity index (χ0) is 18.4. The topological polar surface area (TPSA) is 79.3 Å². The van der Waals surface area contributed by atoms with Crippen LogP contribution in [0.5, 0.6) is 0 Å². The highest BCUT2D eigenvalue weighted by Crippen LogP contribution is 2.48. The zero-order valence-corrected chi connectivity index (χ0v) is 15.2. The van der Waals surface area contributed by atoms with Crippen molar-refractivity contribution in [2.24, 2.45) is 11.8 Å². The summed E-state index contributed by atoms with van der Waals surface area (Å²) in [6, 6.07) is 0. The number of carbonyl (C=O) groups is 1. The van der Waals surface area contributed by atoms with Crippen molar-refractivity contribution in [2.75, 3.05) is 0 Å². The summed E-state index contributed by atoms with van der Waals surface area (Å²) in [6.45, 7) is 11.9. The standard InChI is InChI=1S/C20H30O5/c1-11-6-5-7-12(2)17(22)18-14(13(3)19(23)24-18)10-16-20(4,25-16)9-8-15(11)21/h12,14-18,21-22H,1,3,5-10H2,2,4H3/t12-,14-,15+,16+,17+,18+,20+/m0/s1. The molecule has 0 aromatic heterocycles. The van der Waals surface area contributed by atoms with Gasteiger partial charge in [-0.05, 0) is 56.9 Å². The second kappa shape index (κ2) is 6.86. The molecule has 0 unspecified atom stereocenters. The molecule has 1 aliphatic carbocycles. The van der Waals surface area contributed by atoms with Gasteiger partial charge in [0.25, 0.3) is 0 Å². The first-order valence-corrected chi connectivity index (χ1v) is 9.34. The van der Waals surface area contributed by atoms with Crippen molar-refractivity contribution in [3.8, 4) is 0 Å². The Bertz CT molecular complexity index is 570. The summed E-state index contributed by atoms with van der Waals surface area (Å²) in [5.41, 5.74) is 0.992. The average Bonchev–Trinajstić information content (AvgIpc) is 3.13. The molecule has 7 atom stereocenters. The van der Waals surface area contributed by atoms with Crippen molar-refractivity contribution < 1.29 is 24.5 Å². The molecule has 0 aromatic rings. The molecule has 5 heteroatoms. The molecule has 0 amide bonds. The van der Waals surface area contributed by atoms with Crippen LogP contribution in [0.15, 0.2) is 24.3 Å². The fraction of sp³-hybridized carbons (Fsp3) is 0.750.